The molecule has 0 saturated heterocycles. The Kier molecular flexibility index (Phi) is 25.4. The van der Waals surface area contributed by atoms with Crippen molar-refractivity contribution < 1.29 is 17.7 Å². The number of fused-ring (bicyclic) bond motifs is 14. The summed E-state index contributed by atoms with van der Waals surface area (Å²) < 4.78 is 25.3. The van der Waals surface area contributed by atoms with Gasteiger partial charge >= 0.3 is 0 Å². The summed E-state index contributed by atoms with van der Waals surface area (Å²) in [5.41, 5.74) is 28.6. The van der Waals surface area contributed by atoms with Crippen molar-refractivity contribution in [2.75, 3.05) is 65.9 Å². The Morgan fingerprint density at radius 1 is 0.235 bits per heavy atom. The van der Waals surface area contributed by atoms with Crippen LogP contribution in [0.1, 0.15) is 142 Å². The maximum atomic E-state index is 6.37. The van der Waals surface area contributed by atoms with Crippen LogP contribution in [0.15, 0.2) is 315 Å². The van der Waals surface area contributed by atoms with Gasteiger partial charge in [-0.25, -0.2) is 0 Å². The van der Waals surface area contributed by atoms with Crippen molar-refractivity contribution in [3.8, 4) is 0 Å². The molecule has 606 valence electrons. The van der Waals surface area contributed by atoms with E-state index in [-0.39, 0.29) is 0 Å². The highest BCUT2D eigenvalue weighted by atomic mass is 16.3. The Hall–Kier alpha value is -13.1. The SMILES string of the molecule is CC.CC.CC.CC.Cc1ccc2c(oc3ccccc32)c1N1C=CN(c2c(C(C)C)cccc2C(C)C)C1.Cc1ccc2c(oc3ccccc32)c1N1C=CN(c2ccccc2)C1.Cc1ccc2c(oc3ccccc32)c1N1CN(C(C)C)c2ccccc21.Cc1ccc2c(oc3ccccc32)c1N1CN(c2ccccc2)c2ccccc21. The summed E-state index contributed by atoms with van der Waals surface area (Å²) in [5.74, 6) is 0.938. The summed E-state index contributed by atoms with van der Waals surface area (Å²) in [4.78, 5) is 18.8. The number of hydrogen-bond donors (Lipinski definition) is 0. The average Bonchev–Trinajstić information content (AvgIpc) is 1.60. The van der Waals surface area contributed by atoms with E-state index < -0.39 is 0 Å². The summed E-state index contributed by atoms with van der Waals surface area (Å²) in [6.45, 7) is 41.4. The molecule has 0 spiro atoms. The minimum atomic E-state index is 0.441. The number of para-hydroxylation sites is 11. The van der Waals surface area contributed by atoms with Gasteiger partial charge in [-0.15, -0.1) is 0 Å². The number of benzene rings is 13. The fraction of sp³-hybridized carbons (Fsp3) is 0.234. The molecule has 8 heterocycles. The van der Waals surface area contributed by atoms with Crippen LogP contribution in [0.4, 0.5) is 62.6 Å². The minimum Gasteiger partial charge on any atom is -0.454 e. The lowest BCUT2D eigenvalue weighted by molar-refractivity contribution is 0.664. The van der Waals surface area contributed by atoms with Crippen LogP contribution in [0.5, 0.6) is 0 Å². The third-order valence-electron chi connectivity index (χ3n) is 22.4. The number of aryl methyl sites for hydroxylation is 4. The molecular weight excluding hydrogens is 1460 g/mol. The fourth-order valence-electron chi connectivity index (χ4n) is 16.9. The Morgan fingerprint density at radius 2 is 0.529 bits per heavy atom. The Labute approximate surface area is 703 Å². The molecule has 12 heteroatoms. The zero-order valence-corrected chi connectivity index (χ0v) is 72.6. The van der Waals surface area contributed by atoms with Crippen molar-refractivity contribution in [2.45, 2.75) is 143 Å². The summed E-state index contributed by atoms with van der Waals surface area (Å²) in [6, 6.07) is 96.0. The highest BCUT2D eigenvalue weighted by Crippen LogP contribution is 2.51. The molecule has 0 saturated carbocycles. The third kappa shape index (κ3) is 15.8. The number of rotatable bonds is 10. The second kappa shape index (κ2) is 36.6. The first-order valence-corrected chi connectivity index (χ1v) is 42.8. The lowest BCUT2D eigenvalue weighted by atomic mass is 9.92. The smallest absolute Gasteiger partial charge is 0.159 e. The molecule has 21 rings (SSSR count). The van der Waals surface area contributed by atoms with Crippen molar-refractivity contribution >= 4 is 150 Å². The van der Waals surface area contributed by atoms with Crippen molar-refractivity contribution in [1.82, 2.24) is 0 Å². The Bertz CT molecular complexity index is 6390. The molecule has 0 fully saturated rings. The fourth-order valence-corrected chi connectivity index (χ4v) is 16.9. The molecule has 4 aliphatic heterocycles. The third-order valence-corrected chi connectivity index (χ3v) is 22.4. The number of nitrogens with zero attached hydrogens (tertiary/aromatic N) is 8. The second-order valence-corrected chi connectivity index (χ2v) is 30.5. The molecule has 0 N–H and O–H groups in total. The lowest BCUT2D eigenvalue weighted by Gasteiger charge is -2.28. The van der Waals surface area contributed by atoms with E-state index in [1.54, 1.807) is 0 Å². The second-order valence-electron chi connectivity index (χ2n) is 30.5. The largest absolute Gasteiger partial charge is 0.454 e. The van der Waals surface area contributed by atoms with E-state index in [1.165, 1.54) is 111 Å². The molecule has 0 aliphatic carbocycles. The van der Waals surface area contributed by atoms with Crippen LogP contribution in [-0.2, 0) is 0 Å². The Balaban J connectivity index is 0.000000127. The molecular formula is C107H114N8O4. The molecule has 4 aliphatic rings. The van der Waals surface area contributed by atoms with Crippen LogP contribution in [0, 0.1) is 27.7 Å². The predicted octanol–water partition coefficient (Wildman–Crippen LogP) is 31.0. The van der Waals surface area contributed by atoms with Crippen molar-refractivity contribution in [1.29, 1.82) is 0 Å². The first-order valence-electron chi connectivity index (χ1n) is 42.8. The normalized spacial score (nSPS) is 13.2. The van der Waals surface area contributed by atoms with E-state index in [9.17, 15) is 0 Å². The minimum absolute atomic E-state index is 0.441. The number of anilines is 11. The summed E-state index contributed by atoms with van der Waals surface area (Å²) in [7, 11) is 0. The van der Waals surface area contributed by atoms with Crippen LogP contribution >= 0.6 is 0 Å². The van der Waals surface area contributed by atoms with Gasteiger partial charge in [0.2, 0.25) is 0 Å². The zero-order valence-electron chi connectivity index (χ0n) is 72.6. The molecule has 17 aromatic rings. The van der Waals surface area contributed by atoms with Gasteiger partial charge in [-0.1, -0.05) is 283 Å². The molecule has 0 bridgehead atoms. The molecule has 0 atom stereocenters. The molecule has 12 nitrogen and oxygen atoms in total. The topological polar surface area (TPSA) is 78.5 Å². The van der Waals surface area contributed by atoms with Gasteiger partial charge in [0.15, 0.2) is 22.3 Å². The van der Waals surface area contributed by atoms with E-state index in [0.29, 0.717) is 17.9 Å². The van der Waals surface area contributed by atoms with Crippen molar-refractivity contribution in [3.05, 3.63) is 331 Å². The maximum absolute atomic E-state index is 6.37. The molecule has 13 aromatic carbocycles. The van der Waals surface area contributed by atoms with Crippen LogP contribution in [-0.4, -0.2) is 32.7 Å². The quantitative estimate of drug-likeness (QED) is 0.131. The Morgan fingerprint density at radius 3 is 0.916 bits per heavy atom. The van der Waals surface area contributed by atoms with Crippen LogP contribution < -0.4 is 39.2 Å². The van der Waals surface area contributed by atoms with E-state index >= 15 is 0 Å². The molecule has 0 unspecified atom stereocenters. The van der Waals surface area contributed by atoms with E-state index in [2.05, 4.69) is 352 Å². The van der Waals surface area contributed by atoms with Crippen molar-refractivity contribution in [2.24, 2.45) is 0 Å². The molecule has 0 amide bonds. The van der Waals surface area contributed by atoms with Crippen molar-refractivity contribution in [3.63, 3.8) is 0 Å². The van der Waals surface area contributed by atoms with Gasteiger partial charge in [0.05, 0.1) is 65.5 Å². The van der Waals surface area contributed by atoms with Gasteiger partial charge in [-0.2, -0.15) is 0 Å². The van der Waals surface area contributed by atoms with Crippen LogP contribution in [0.3, 0.4) is 0 Å². The van der Waals surface area contributed by atoms with Crippen LogP contribution in [0.25, 0.3) is 87.8 Å². The molecule has 0 radical (unpaired) electrons. The van der Waals surface area contributed by atoms with Crippen LogP contribution in [0.2, 0.25) is 0 Å². The van der Waals surface area contributed by atoms with Gasteiger partial charge in [-0.3, -0.25) is 0 Å². The average molecular weight is 1580 g/mol. The van der Waals surface area contributed by atoms with Gasteiger partial charge < -0.3 is 56.9 Å². The summed E-state index contributed by atoms with van der Waals surface area (Å²) >= 11 is 0. The van der Waals surface area contributed by atoms with Gasteiger partial charge in [0.25, 0.3) is 0 Å². The van der Waals surface area contributed by atoms with Gasteiger partial charge in [-0.05, 0) is 160 Å². The highest BCUT2D eigenvalue weighted by molar-refractivity contribution is 6.14. The molecule has 119 heavy (non-hydrogen) atoms. The first kappa shape index (κ1) is 82.5. The lowest BCUT2D eigenvalue weighted by Crippen LogP contribution is -2.33. The van der Waals surface area contributed by atoms with Gasteiger partial charge in [0, 0.05) is 91.0 Å². The monoisotopic (exact) mass is 1570 g/mol. The van der Waals surface area contributed by atoms with Gasteiger partial charge in [0.1, 0.15) is 29.0 Å². The highest BCUT2D eigenvalue weighted by Gasteiger charge is 2.34. The number of hydrogen-bond acceptors (Lipinski definition) is 12. The van der Waals surface area contributed by atoms with E-state index in [4.69, 9.17) is 17.7 Å². The zero-order chi connectivity index (χ0) is 83.7. The van der Waals surface area contributed by atoms with E-state index in [1.807, 2.05) is 110 Å². The number of furan rings is 4. The van der Waals surface area contributed by atoms with E-state index in [0.717, 1.165) is 99.2 Å². The maximum Gasteiger partial charge on any atom is 0.159 e. The summed E-state index contributed by atoms with van der Waals surface area (Å²) in [6.07, 6.45) is 8.66. The standard InChI is InChI=1S/C28H30N2O.C26H20N2O.C23H22N2O.C22H18N2O.4C2H6/c1-18(2)21-10-8-11-22(19(3)4)27(21)30-16-15-29(17-30)26-20(5)13-14-24-23-9-6-7-12-25(23)31-28(24)26;1-18-15-16-21-20-11-5-8-14-24(20)29-26(21)25(18)28-17-27(19-9-3-2-4-10-19)22-12-6-7-13-23(22)28;1-15(2)24-14-25(20-10-6-5-9-19(20)24)22-16(3)12-13-18-17-8-4-7-11-21(17)26-23(18)22;1-16-11-12-19-18-9-5-6-10-20(18)25-22(19)21(16)24-14-13-23(15-24)17-7-3-2-4-8-17;4*1-2/h6-16,18-19H,17H2,1-5H3;2-16H,17H2,1H3;4-13,15H,14H2,1-3H3;2-14H,15H2,1H3;4*1-2H3. The molecule has 4 aromatic heterocycles. The summed E-state index contributed by atoms with van der Waals surface area (Å²) in [5, 5.41) is 9.37. The predicted molar refractivity (Wildman–Crippen MR) is 511 cm³/mol. The first-order chi connectivity index (χ1) is 58.2.